The number of ether oxygens (including phenoxy) is 1. The van der Waals surface area contributed by atoms with Crippen LogP contribution in [0.2, 0.25) is 0 Å². The van der Waals surface area contributed by atoms with Gasteiger partial charge in [0.15, 0.2) is 0 Å². The molecule has 2 aromatic rings. The standard InChI is InChI=1S/C18H20N4O5/c1-27-13-6-4-12(5-7-13)19-17(25)14-3-2-9-22(14)16(24)11-21-10-8-15(23)20-18(21)26/h4-8,10,14H,2-3,9,11H2,1H3,(H,19,25)(H,20,23,26). The minimum atomic E-state index is -0.658. The van der Waals surface area contributed by atoms with E-state index in [4.69, 9.17) is 4.74 Å². The Morgan fingerprint density at radius 1 is 1.22 bits per heavy atom. The van der Waals surface area contributed by atoms with E-state index in [1.807, 2.05) is 0 Å². The topological polar surface area (TPSA) is 114 Å². The van der Waals surface area contributed by atoms with Gasteiger partial charge >= 0.3 is 5.69 Å². The first-order valence-corrected chi connectivity index (χ1v) is 8.52. The number of hydrogen-bond donors (Lipinski definition) is 2. The van der Waals surface area contributed by atoms with E-state index in [0.717, 1.165) is 4.57 Å². The number of rotatable bonds is 5. The number of benzene rings is 1. The van der Waals surface area contributed by atoms with Gasteiger partial charge in [-0.2, -0.15) is 0 Å². The van der Waals surface area contributed by atoms with Crippen LogP contribution in [0.4, 0.5) is 5.69 Å². The lowest BCUT2D eigenvalue weighted by Crippen LogP contribution is -2.45. The first-order valence-electron chi connectivity index (χ1n) is 8.52. The molecule has 0 spiro atoms. The van der Waals surface area contributed by atoms with Crippen molar-refractivity contribution in [1.29, 1.82) is 0 Å². The number of nitrogens with one attached hydrogen (secondary N) is 2. The van der Waals surface area contributed by atoms with Crippen LogP contribution in [0.1, 0.15) is 12.8 Å². The predicted octanol–water partition coefficient (Wildman–Crippen LogP) is 0.175. The molecule has 2 N–H and O–H groups in total. The second-order valence-electron chi connectivity index (χ2n) is 6.20. The minimum absolute atomic E-state index is 0.234. The molecular weight excluding hydrogens is 352 g/mol. The van der Waals surface area contributed by atoms with Gasteiger partial charge in [0.1, 0.15) is 18.3 Å². The first kappa shape index (κ1) is 18.4. The highest BCUT2D eigenvalue weighted by Gasteiger charge is 2.34. The molecule has 1 unspecified atom stereocenters. The molecule has 1 aromatic carbocycles. The van der Waals surface area contributed by atoms with Crippen LogP contribution in [0.25, 0.3) is 0 Å². The normalized spacial score (nSPS) is 16.2. The summed E-state index contributed by atoms with van der Waals surface area (Å²) in [5.41, 5.74) is -0.576. The number of carbonyl (C=O) groups excluding carboxylic acids is 2. The van der Waals surface area contributed by atoms with Crippen molar-refractivity contribution in [3.63, 3.8) is 0 Å². The molecule has 0 radical (unpaired) electrons. The van der Waals surface area contributed by atoms with E-state index in [2.05, 4.69) is 10.3 Å². The van der Waals surface area contributed by atoms with Crippen molar-refractivity contribution in [1.82, 2.24) is 14.5 Å². The molecule has 0 bridgehead atoms. The average Bonchev–Trinajstić information content (AvgIpc) is 3.15. The van der Waals surface area contributed by atoms with Crippen LogP contribution in [0, 0.1) is 0 Å². The zero-order valence-corrected chi connectivity index (χ0v) is 14.8. The van der Waals surface area contributed by atoms with Crippen LogP contribution >= 0.6 is 0 Å². The van der Waals surface area contributed by atoms with Gasteiger partial charge in [-0.05, 0) is 37.1 Å². The van der Waals surface area contributed by atoms with E-state index >= 15 is 0 Å². The van der Waals surface area contributed by atoms with Gasteiger partial charge < -0.3 is 15.0 Å². The molecule has 1 aliphatic heterocycles. The van der Waals surface area contributed by atoms with Gasteiger partial charge in [0.25, 0.3) is 5.56 Å². The van der Waals surface area contributed by atoms with Gasteiger partial charge in [-0.25, -0.2) is 4.79 Å². The third-order valence-electron chi connectivity index (χ3n) is 4.44. The van der Waals surface area contributed by atoms with Crippen LogP contribution in [-0.2, 0) is 16.1 Å². The van der Waals surface area contributed by atoms with Crippen LogP contribution in [0.15, 0.2) is 46.1 Å². The van der Waals surface area contributed by atoms with Crippen molar-refractivity contribution < 1.29 is 14.3 Å². The first-order chi connectivity index (χ1) is 13.0. The summed E-state index contributed by atoms with van der Waals surface area (Å²) >= 11 is 0. The predicted molar refractivity (Wildman–Crippen MR) is 97.7 cm³/mol. The number of nitrogens with zero attached hydrogens (tertiary/aromatic N) is 2. The van der Waals surface area contributed by atoms with Crippen LogP contribution < -0.4 is 21.3 Å². The maximum Gasteiger partial charge on any atom is 0.328 e. The fraction of sp³-hybridized carbons (Fsp3) is 0.333. The van der Waals surface area contributed by atoms with Gasteiger partial charge in [0.05, 0.1) is 7.11 Å². The number of H-pyrrole nitrogens is 1. The molecule has 1 fully saturated rings. The van der Waals surface area contributed by atoms with Crippen LogP contribution in [-0.4, -0.2) is 46.0 Å². The molecule has 2 amide bonds. The van der Waals surface area contributed by atoms with Crippen molar-refractivity contribution in [2.45, 2.75) is 25.4 Å². The molecule has 3 rings (SSSR count). The van der Waals surface area contributed by atoms with Crippen molar-refractivity contribution >= 4 is 17.5 Å². The summed E-state index contributed by atoms with van der Waals surface area (Å²) in [5.74, 6) is 0.0494. The molecule has 2 heterocycles. The highest BCUT2D eigenvalue weighted by atomic mass is 16.5. The zero-order valence-electron chi connectivity index (χ0n) is 14.8. The van der Waals surface area contributed by atoms with E-state index in [-0.39, 0.29) is 18.4 Å². The van der Waals surface area contributed by atoms with Gasteiger partial charge in [-0.15, -0.1) is 0 Å². The third kappa shape index (κ3) is 4.25. The highest BCUT2D eigenvalue weighted by Crippen LogP contribution is 2.21. The van der Waals surface area contributed by atoms with E-state index in [0.29, 0.717) is 30.8 Å². The van der Waals surface area contributed by atoms with E-state index in [1.165, 1.54) is 17.2 Å². The Hall–Kier alpha value is -3.36. The van der Waals surface area contributed by atoms with Crippen molar-refractivity contribution in [3.05, 3.63) is 57.4 Å². The number of anilines is 1. The molecule has 9 nitrogen and oxygen atoms in total. The fourth-order valence-electron chi connectivity index (χ4n) is 3.04. The summed E-state index contributed by atoms with van der Waals surface area (Å²) in [6.07, 6.45) is 2.52. The number of carbonyl (C=O) groups is 2. The summed E-state index contributed by atoms with van der Waals surface area (Å²) in [4.78, 5) is 51.6. The van der Waals surface area contributed by atoms with Gasteiger partial charge in [0, 0.05) is 24.5 Å². The largest absolute Gasteiger partial charge is 0.497 e. The summed E-state index contributed by atoms with van der Waals surface area (Å²) in [5, 5.41) is 2.80. The summed E-state index contributed by atoms with van der Waals surface area (Å²) in [7, 11) is 1.56. The zero-order chi connectivity index (χ0) is 19.4. The Kier molecular flexibility index (Phi) is 5.39. The molecule has 142 valence electrons. The molecule has 0 aliphatic carbocycles. The van der Waals surface area contributed by atoms with Crippen molar-refractivity contribution in [3.8, 4) is 5.75 Å². The lowest BCUT2D eigenvalue weighted by molar-refractivity contribution is -0.137. The Labute approximate surface area is 154 Å². The second kappa shape index (κ2) is 7.90. The van der Waals surface area contributed by atoms with Crippen molar-refractivity contribution in [2.75, 3.05) is 19.0 Å². The molecule has 1 aliphatic rings. The number of aromatic amines is 1. The molecule has 1 aromatic heterocycles. The number of aromatic nitrogens is 2. The molecule has 27 heavy (non-hydrogen) atoms. The lowest BCUT2D eigenvalue weighted by atomic mass is 10.2. The van der Waals surface area contributed by atoms with Crippen LogP contribution in [0.3, 0.4) is 0 Å². The summed E-state index contributed by atoms with van der Waals surface area (Å²) in [6.45, 7) is 0.208. The summed E-state index contributed by atoms with van der Waals surface area (Å²) in [6, 6.07) is 7.48. The number of amides is 2. The van der Waals surface area contributed by atoms with Crippen molar-refractivity contribution in [2.24, 2.45) is 0 Å². The Morgan fingerprint density at radius 2 is 1.96 bits per heavy atom. The number of hydrogen-bond acceptors (Lipinski definition) is 5. The monoisotopic (exact) mass is 372 g/mol. The van der Waals surface area contributed by atoms with E-state index in [1.54, 1.807) is 31.4 Å². The molecule has 9 heteroatoms. The smallest absolute Gasteiger partial charge is 0.328 e. The Balaban J connectivity index is 1.68. The average molecular weight is 372 g/mol. The quantitative estimate of drug-likeness (QED) is 0.777. The Morgan fingerprint density at radius 3 is 2.63 bits per heavy atom. The Bertz CT molecular complexity index is 947. The van der Waals surface area contributed by atoms with Gasteiger partial charge in [-0.1, -0.05) is 0 Å². The van der Waals surface area contributed by atoms with Crippen LogP contribution in [0.5, 0.6) is 5.75 Å². The molecule has 1 saturated heterocycles. The molecular formula is C18H20N4O5. The second-order valence-corrected chi connectivity index (χ2v) is 6.20. The third-order valence-corrected chi connectivity index (χ3v) is 4.44. The number of methoxy groups -OCH3 is 1. The van der Waals surface area contributed by atoms with Gasteiger partial charge in [0.2, 0.25) is 11.8 Å². The SMILES string of the molecule is COc1ccc(NC(=O)C2CCCN2C(=O)Cn2ccc(=O)[nH]c2=O)cc1. The number of likely N-dealkylation sites (tertiary alicyclic amines) is 1. The molecule has 0 saturated carbocycles. The fourth-order valence-corrected chi connectivity index (χ4v) is 3.04. The minimum Gasteiger partial charge on any atom is -0.497 e. The van der Waals surface area contributed by atoms with E-state index < -0.39 is 17.3 Å². The lowest BCUT2D eigenvalue weighted by Gasteiger charge is -2.24. The highest BCUT2D eigenvalue weighted by molar-refractivity contribution is 5.97. The molecule has 1 atom stereocenters. The van der Waals surface area contributed by atoms with E-state index in [9.17, 15) is 19.2 Å². The maximum absolute atomic E-state index is 12.6. The van der Waals surface area contributed by atoms with Gasteiger partial charge in [-0.3, -0.25) is 23.9 Å². The maximum atomic E-state index is 12.6. The summed E-state index contributed by atoms with van der Waals surface area (Å²) < 4.78 is 6.19.